The van der Waals surface area contributed by atoms with E-state index in [1.165, 1.54) is 0 Å². The Morgan fingerprint density at radius 3 is 0.926 bits per heavy atom. The number of rotatable bonds is 7. The van der Waals surface area contributed by atoms with Crippen LogP contribution >= 0.6 is 0 Å². The highest BCUT2D eigenvalue weighted by Gasteiger charge is 2.24. The summed E-state index contributed by atoms with van der Waals surface area (Å²) < 4.78 is 4.25. The molecule has 0 rings (SSSR count). The Kier molecular flexibility index (Phi) is 37.2. The third kappa shape index (κ3) is 45.2. The Labute approximate surface area is 159 Å². The number of aliphatic hydroxyl groups excluding tert-OH is 3. The fraction of sp³-hybridized carbons (Fsp3) is 0.471. The standard InChI is InChI=1S/C6H14O3.3C3H4O2.C2H6O/c1-2-6(3-7,4-8)5-9;3*1-2-3(4)5;1-3-2/h7-9H,2-5H2,1H3;3*2H,1H2,(H,4,5);1-2H3. The van der Waals surface area contributed by atoms with Crippen molar-refractivity contribution in [2.24, 2.45) is 5.41 Å². The van der Waals surface area contributed by atoms with Crippen molar-refractivity contribution in [3.8, 4) is 0 Å². The molecule has 0 unspecified atom stereocenters. The van der Waals surface area contributed by atoms with Gasteiger partial charge in [-0.1, -0.05) is 26.7 Å². The van der Waals surface area contributed by atoms with E-state index in [2.05, 4.69) is 24.5 Å². The predicted molar refractivity (Wildman–Crippen MR) is 100 cm³/mol. The summed E-state index contributed by atoms with van der Waals surface area (Å²) in [6, 6.07) is 0. The molecule has 0 aliphatic heterocycles. The first-order valence-corrected chi connectivity index (χ1v) is 7.26. The van der Waals surface area contributed by atoms with Crippen LogP contribution in [-0.4, -0.2) is 82.6 Å². The quantitative estimate of drug-likeness (QED) is 0.329. The monoisotopic (exact) mass is 396 g/mol. The number of carbonyl (C=O) groups is 3. The van der Waals surface area contributed by atoms with Crippen LogP contribution in [0.15, 0.2) is 38.0 Å². The van der Waals surface area contributed by atoms with Crippen molar-refractivity contribution < 1.29 is 49.8 Å². The zero-order valence-electron chi connectivity index (χ0n) is 16.0. The summed E-state index contributed by atoms with van der Waals surface area (Å²) in [5.74, 6) is -2.94. The van der Waals surface area contributed by atoms with E-state index in [1.54, 1.807) is 14.2 Å². The molecule has 6 N–H and O–H groups in total. The van der Waals surface area contributed by atoms with Crippen molar-refractivity contribution in [3.05, 3.63) is 38.0 Å². The first-order valence-electron chi connectivity index (χ1n) is 7.26. The Bertz CT molecular complexity index is 340. The van der Waals surface area contributed by atoms with E-state index in [4.69, 9.17) is 30.6 Å². The van der Waals surface area contributed by atoms with Gasteiger partial charge in [-0.15, -0.1) is 0 Å². The van der Waals surface area contributed by atoms with E-state index in [0.717, 1.165) is 18.2 Å². The van der Waals surface area contributed by atoms with Gasteiger partial charge in [0.1, 0.15) is 0 Å². The molecule has 0 aromatic rings. The molecule has 10 nitrogen and oxygen atoms in total. The minimum Gasteiger partial charge on any atom is -0.478 e. The predicted octanol–water partition coefficient (Wildman–Crippen LogP) is 0.393. The van der Waals surface area contributed by atoms with Gasteiger partial charge in [0.05, 0.1) is 19.8 Å². The van der Waals surface area contributed by atoms with Crippen LogP contribution in [0.5, 0.6) is 0 Å². The van der Waals surface area contributed by atoms with E-state index in [0.29, 0.717) is 6.42 Å². The second-order valence-electron chi connectivity index (χ2n) is 4.36. The number of methoxy groups -OCH3 is 1. The van der Waals surface area contributed by atoms with Gasteiger partial charge in [-0.2, -0.15) is 0 Å². The molecule has 0 bridgehead atoms. The van der Waals surface area contributed by atoms with Crippen LogP contribution < -0.4 is 0 Å². The molecule has 0 spiro atoms. The fourth-order valence-corrected chi connectivity index (χ4v) is 0.485. The smallest absolute Gasteiger partial charge is 0.327 e. The van der Waals surface area contributed by atoms with Crippen LogP contribution in [0.2, 0.25) is 0 Å². The molecular weight excluding hydrogens is 364 g/mol. The second-order valence-corrected chi connectivity index (χ2v) is 4.36. The molecular formula is C17H32O10. The molecule has 0 saturated carbocycles. The first kappa shape index (κ1) is 35.6. The number of carboxylic acids is 3. The third-order valence-corrected chi connectivity index (χ3v) is 2.28. The minimum absolute atomic E-state index is 0.156. The molecule has 0 aliphatic carbocycles. The van der Waals surface area contributed by atoms with Crippen LogP contribution in [0.3, 0.4) is 0 Å². The number of aliphatic hydroxyl groups is 3. The van der Waals surface area contributed by atoms with E-state index in [-0.39, 0.29) is 19.8 Å². The highest BCUT2D eigenvalue weighted by atomic mass is 16.4. The highest BCUT2D eigenvalue weighted by molar-refractivity contribution is 5.79. The van der Waals surface area contributed by atoms with Crippen molar-refractivity contribution in [1.82, 2.24) is 0 Å². The van der Waals surface area contributed by atoms with E-state index in [1.807, 2.05) is 6.92 Å². The molecule has 160 valence electrons. The lowest BCUT2D eigenvalue weighted by atomic mass is 9.88. The van der Waals surface area contributed by atoms with Crippen LogP contribution in [0, 0.1) is 5.41 Å². The van der Waals surface area contributed by atoms with E-state index >= 15 is 0 Å². The maximum Gasteiger partial charge on any atom is 0.327 e. The molecule has 0 aliphatic rings. The lowest BCUT2D eigenvalue weighted by Crippen LogP contribution is -2.32. The second kappa shape index (κ2) is 28.3. The molecule has 0 saturated heterocycles. The Morgan fingerprint density at radius 1 is 0.778 bits per heavy atom. The van der Waals surface area contributed by atoms with Gasteiger partial charge in [0, 0.05) is 37.9 Å². The van der Waals surface area contributed by atoms with Gasteiger partial charge < -0.3 is 35.4 Å². The van der Waals surface area contributed by atoms with Crippen LogP contribution in [-0.2, 0) is 19.1 Å². The van der Waals surface area contributed by atoms with Gasteiger partial charge in [0.2, 0.25) is 0 Å². The average molecular weight is 396 g/mol. The molecule has 0 amide bonds. The fourth-order valence-electron chi connectivity index (χ4n) is 0.485. The van der Waals surface area contributed by atoms with Crippen molar-refractivity contribution in [2.75, 3.05) is 34.0 Å². The van der Waals surface area contributed by atoms with E-state index < -0.39 is 23.3 Å². The summed E-state index contributed by atoms with van der Waals surface area (Å²) in [5.41, 5.74) is -0.667. The summed E-state index contributed by atoms with van der Waals surface area (Å²) in [6.07, 6.45) is 3.09. The maximum absolute atomic E-state index is 9.25. The van der Waals surface area contributed by atoms with Crippen molar-refractivity contribution in [2.45, 2.75) is 13.3 Å². The van der Waals surface area contributed by atoms with Gasteiger partial charge >= 0.3 is 17.9 Å². The van der Waals surface area contributed by atoms with Gasteiger partial charge in [-0.25, -0.2) is 14.4 Å². The Morgan fingerprint density at radius 2 is 0.926 bits per heavy atom. The minimum atomic E-state index is -0.981. The van der Waals surface area contributed by atoms with Crippen molar-refractivity contribution in [1.29, 1.82) is 0 Å². The molecule has 10 heteroatoms. The van der Waals surface area contributed by atoms with Crippen molar-refractivity contribution in [3.63, 3.8) is 0 Å². The van der Waals surface area contributed by atoms with Gasteiger partial charge in [0.15, 0.2) is 0 Å². The molecule has 27 heavy (non-hydrogen) atoms. The SMILES string of the molecule is C=CC(=O)O.C=CC(=O)O.C=CC(=O)O.CCC(CO)(CO)CO.COC. The molecule has 0 aromatic carbocycles. The molecule has 0 aromatic heterocycles. The lowest BCUT2D eigenvalue weighted by molar-refractivity contribution is -0.132. The van der Waals surface area contributed by atoms with E-state index in [9.17, 15) is 14.4 Å². The third-order valence-electron chi connectivity index (χ3n) is 2.28. The summed E-state index contributed by atoms with van der Waals surface area (Å²) in [6.45, 7) is 10.2. The topological polar surface area (TPSA) is 182 Å². The summed E-state index contributed by atoms with van der Waals surface area (Å²) in [7, 11) is 3.25. The number of ether oxygens (including phenoxy) is 1. The zero-order chi connectivity index (χ0) is 22.9. The number of carboxylic acid groups (broad SMARTS) is 3. The maximum atomic E-state index is 9.25. The van der Waals surface area contributed by atoms with Crippen LogP contribution in [0.25, 0.3) is 0 Å². The Hall–Kier alpha value is -2.53. The Balaban J connectivity index is -0.0000000787. The highest BCUT2D eigenvalue weighted by Crippen LogP contribution is 2.18. The molecule has 0 atom stereocenters. The normalized spacial score (nSPS) is 8.22. The van der Waals surface area contributed by atoms with Gasteiger partial charge in [-0.3, -0.25) is 0 Å². The van der Waals surface area contributed by atoms with Gasteiger partial charge in [0.25, 0.3) is 0 Å². The number of hydrogen-bond donors (Lipinski definition) is 6. The largest absolute Gasteiger partial charge is 0.478 e. The lowest BCUT2D eigenvalue weighted by Gasteiger charge is -2.24. The average Bonchev–Trinajstić information content (AvgIpc) is 2.66. The molecule has 0 fully saturated rings. The number of hydrogen-bond acceptors (Lipinski definition) is 7. The van der Waals surface area contributed by atoms with Gasteiger partial charge in [-0.05, 0) is 6.42 Å². The summed E-state index contributed by atoms with van der Waals surface area (Å²) in [5, 5.41) is 48.8. The summed E-state index contributed by atoms with van der Waals surface area (Å²) in [4.78, 5) is 27.8. The molecule has 0 radical (unpaired) electrons. The first-order chi connectivity index (χ1) is 12.5. The van der Waals surface area contributed by atoms with Crippen LogP contribution in [0.4, 0.5) is 0 Å². The number of aliphatic carboxylic acids is 3. The van der Waals surface area contributed by atoms with Crippen molar-refractivity contribution >= 4 is 17.9 Å². The van der Waals surface area contributed by atoms with Crippen LogP contribution in [0.1, 0.15) is 13.3 Å². The zero-order valence-corrected chi connectivity index (χ0v) is 16.0. The summed E-state index contributed by atoms with van der Waals surface area (Å²) >= 11 is 0. The molecule has 0 heterocycles.